The van der Waals surface area contributed by atoms with Crippen molar-refractivity contribution in [2.45, 2.75) is 44.7 Å². The van der Waals surface area contributed by atoms with Crippen molar-refractivity contribution in [3.05, 3.63) is 96.2 Å². The van der Waals surface area contributed by atoms with Crippen LogP contribution in [0.1, 0.15) is 43.2 Å². The predicted molar refractivity (Wildman–Crippen MR) is 192 cm³/mol. The minimum Gasteiger partial charge on any atom is -0.490 e. The van der Waals surface area contributed by atoms with Crippen LogP contribution in [-0.2, 0) is 20.9 Å². The summed E-state index contributed by atoms with van der Waals surface area (Å²) in [5, 5.41) is 10.1. The fourth-order valence-corrected chi connectivity index (χ4v) is 6.72. The van der Waals surface area contributed by atoms with Gasteiger partial charge in [0.25, 0.3) is 11.0 Å². The minimum atomic E-state index is -0.866. The third kappa shape index (κ3) is 9.86. The van der Waals surface area contributed by atoms with Crippen LogP contribution in [0.3, 0.4) is 0 Å². The maximum Gasteiger partial charge on any atom is 0.410 e. The Balaban J connectivity index is 1.17. The van der Waals surface area contributed by atoms with Crippen LogP contribution in [0.25, 0.3) is 5.57 Å². The molecule has 0 unspecified atom stereocenters. The predicted octanol–water partition coefficient (Wildman–Crippen LogP) is 7.75. The number of rotatable bonds is 16. The number of hydrogen-bond donors (Lipinski definition) is 0. The van der Waals surface area contributed by atoms with E-state index in [9.17, 15) is 24.1 Å². The maximum atomic E-state index is 14.5. The van der Waals surface area contributed by atoms with Crippen LogP contribution in [-0.4, -0.2) is 79.2 Å². The average Bonchev–Trinajstić information content (AvgIpc) is 3.88. The molecule has 0 aromatic heterocycles. The van der Waals surface area contributed by atoms with Crippen molar-refractivity contribution < 1.29 is 47.6 Å². The van der Waals surface area contributed by atoms with E-state index in [1.807, 2.05) is 12.1 Å². The highest BCUT2D eigenvalue weighted by atomic mass is 35.5. The molecule has 1 aliphatic carbocycles. The van der Waals surface area contributed by atoms with Gasteiger partial charge in [-0.15, -0.1) is 10.1 Å². The van der Waals surface area contributed by atoms with Crippen molar-refractivity contribution in [2.24, 2.45) is 0 Å². The topological polar surface area (TPSA) is 139 Å². The van der Waals surface area contributed by atoms with Gasteiger partial charge in [-0.2, -0.15) is 0 Å². The van der Waals surface area contributed by atoms with Crippen LogP contribution in [0.15, 0.2) is 54.1 Å². The van der Waals surface area contributed by atoms with Crippen LogP contribution in [0.2, 0.25) is 15.1 Å². The van der Waals surface area contributed by atoms with Crippen molar-refractivity contribution in [3.63, 3.8) is 0 Å². The number of hydrogen-bond acceptors (Lipinski definition) is 10. The molecular weight excluding hydrogens is 760 g/mol. The number of fused-ring (bicyclic) bond motifs is 1. The van der Waals surface area contributed by atoms with Crippen molar-refractivity contribution in [1.82, 2.24) is 9.80 Å². The van der Waals surface area contributed by atoms with E-state index in [1.54, 1.807) is 29.2 Å². The first-order chi connectivity index (χ1) is 25.6. The first kappa shape index (κ1) is 38.1. The summed E-state index contributed by atoms with van der Waals surface area (Å²) in [5.74, 6) is 1.02. The van der Waals surface area contributed by atoms with E-state index in [1.165, 1.54) is 4.90 Å². The number of carbonyl (C=O) groups is 2. The van der Waals surface area contributed by atoms with E-state index in [4.69, 9.17) is 58.5 Å². The number of benzene rings is 3. The molecule has 3 aromatic carbocycles. The summed E-state index contributed by atoms with van der Waals surface area (Å²) in [4.78, 5) is 45.6. The first-order valence-electron chi connectivity index (χ1n) is 16.9. The molecule has 0 bridgehead atoms. The van der Waals surface area contributed by atoms with Gasteiger partial charge in [0.2, 0.25) is 6.79 Å². The van der Waals surface area contributed by atoms with Crippen molar-refractivity contribution >= 4 is 52.4 Å². The van der Waals surface area contributed by atoms with E-state index in [-0.39, 0.29) is 74.1 Å². The molecule has 282 valence electrons. The molecule has 2 heterocycles. The van der Waals surface area contributed by atoms with Gasteiger partial charge in [0.1, 0.15) is 24.8 Å². The summed E-state index contributed by atoms with van der Waals surface area (Å²) in [5.41, 5.74) is 2.73. The molecule has 0 radical (unpaired) electrons. The molecule has 0 saturated heterocycles. The van der Waals surface area contributed by atoms with Crippen molar-refractivity contribution in [1.29, 1.82) is 0 Å². The second kappa shape index (κ2) is 17.4. The highest BCUT2D eigenvalue weighted by molar-refractivity contribution is 6.37. The lowest BCUT2D eigenvalue weighted by Gasteiger charge is -2.33. The van der Waals surface area contributed by atoms with Gasteiger partial charge in [-0.05, 0) is 79.1 Å². The number of amides is 2. The Hall–Kier alpha value is -4.66. The molecule has 2 amide bonds. The third-order valence-electron chi connectivity index (χ3n) is 8.72. The van der Waals surface area contributed by atoms with Gasteiger partial charge in [0, 0.05) is 35.8 Å². The molecule has 3 aliphatic rings. The normalized spacial score (nSPS) is 14.9. The molecule has 2 aliphatic heterocycles. The Kier molecular flexibility index (Phi) is 12.5. The zero-order valence-electron chi connectivity index (χ0n) is 28.3. The van der Waals surface area contributed by atoms with E-state index in [2.05, 4.69) is 4.84 Å². The summed E-state index contributed by atoms with van der Waals surface area (Å²) in [7, 11) is 0. The molecule has 6 rings (SSSR count). The lowest BCUT2D eigenvalue weighted by molar-refractivity contribution is -0.757. The average molecular weight is 795 g/mol. The van der Waals surface area contributed by atoms with Gasteiger partial charge < -0.3 is 38.3 Å². The Bertz CT molecular complexity index is 1850. The molecule has 13 nitrogen and oxygen atoms in total. The maximum absolute atomic E-state index is 14.5. The van der Waals surface area contributed by atoms with E-state index in [0.29, 0.717) is 59.2 Å². The van der Waals surface area contributed by atoms with Gasteiger partial charge in [-0.3, -0.25) is 4.79 Å². The summed E-state index contributed by atoms with van der Waals surface area (Å²) in [6.45, 7) is 0.830. The molecule has 0 spiro atoms. The minimum absolute atomic E-state index is 0.000816. The second-order valence-corrected chi connectivity index (χ2v) is 13.6. The third-order valence-corrected chi connectivity index (χ3v) is 9.63. The smallest absolute Gasteiger partial charge is 0.410 e. The standard InChI is InChI=1S/C36H35Cl3FN3O10/c37-29-18-33-32(51-21-52-33)15-23(29)19-42(25-5-6-25)35(44)28-20-41(36(45)50-11-1-2-12-53-43(46)47)10-9-27(28)22-3-7-26(8-4-22)48-13-14-49-34-30(38)16-24(40)17-31(34)39/h3-4,7-8,15-18,25H,1-2,5-6,9-14,19-21H2. The number of halogens is 4. The van der Waals surface area contributed by atoms with Crippen LogP contribution in [0.4, 0.5) is 9.18 Å². The zero-order chi connectivity index (χ0) is 37.5. The molecule has 3 aromatic rings. The summed E-state index contributed by atoms with van der Waals surface area (Å²) < 4.78 is 41.4. The summed E-state index contributed by atoms with van der Waals surface area (Å²) >= 11 is 18.7. The molecule has 0 N–H and O–H groups in total. The quantitative estimate of drug-likeness (QED) is 0.0804. The SMILES string of the molecule is O=C(OCCCCO[N+](=O)[O-])N1CCC(c2ccc(OCCOc3c(Cl)cc(F)cc3Cl)cc2)=C(C(=O)N(Cc2cc3c(cc2Cl)OCO3)C2CC2)C1. The van der Waals surface area contributed by atoms with Crippen molar-refractivity contribution in [2.75, 3.05) is 46.3 Å². The lowest BCUT2D eigenvalue weighted by Crippen LogP contribution is -2.43. The van der Waals surface area contributed by atoms with Gasteiger partial charge >= 0.3 is 6.09 Å². The molecule has 0 atom stereocenters. The Labute approximate surface area is 319 Å². The fraction of sp³-hybridized carbons (Fsp3) is 0.389. The highest BCUT2D eigenvalue weighted by Crippen LogP contribution is 2.40. The number of ether oxygens (including phenoxy) is 5. The number of unbranched alkanes of at least 4 members (excludes halogenated alkanes) is 1. The van der Waals surface area contributed by atoms with Gasteiger partial charge in [0.05, 0.1) is 29.8 Å². The summed E-state index contributed by atoms with van der Waals surface area (Å²) in [6.07, 6.45) is 2.17. The van der Waals surface area contributed by atoms with Crippen LogP contribution in [0.5, 0.6) is 23.0 Å². The van der Waals surface area contributed by atoms with Gasteiger partial charge in [0.15, 0.2) is 17.2 Å². The Morgan fingerprint density at radius 1 is 0.925 bits per heavy atom. The van der Waals surface area contributed by atoms with Crippen LogP contribution >= 0.6 is 34.8 Å². The Morgan fingerprint density at radius 3 is 2.30 bits per heavy atom. The monoisotopic (exact) mass is 793 g/mol. The van der Waals surface area contributed by atoms with Crippen LogP contribution < -0.4 is 18.9 Å². The molecule has 1 fully saturated rings. The molecule has 1 saturated carbocycles. The van der Waals surface area contributed by atoms with Gasteiger partial charge in [-0.25, -0.2) is 9.18 Å². The van der Waals surface area contributed by atoms with E-state index < -0.39 is 17.0 Å². The summed E-state index contributed by atoms with van der Waals surface area (Å²) in [6, 6.07) is 12.9. The fourth-order valence-electron chi connectivity index (χ4n) is 5.94. The molecular formula is C36H35Cl3FN3O10. The number of nitrogens with zero attached hydrogens (tertiary/aromatic N) is 3. The number of carbonyl (C=O) groups excluding carboxylic acids is 2. The first-order valence-corrected chi connectivity index (χ1v) is 18.0. The zero-order valence-corrected chi connectivity index (χ0v) is 30.6. The van der Waals surface area contributed by atoms with E-state index >= 15 is 0 Å². The largest absolute Gasteiger partial charge is 0.490 e. The lowest BCUT2D eigenvalue weighted by atomic mass is 9.92. The molecule has 53 heavy (non-hydrogen) atoms. The van der Waals surface area contributed by atoms with E-state index in [0.717, 1.165) is 36.1 Å². The van der Waals surface area contributed by atoms with Crippen LogP contribution in [0, 0.1) is 15.9 Å². The highest BCUT2D eigenvalue weighted by Gasteiger charge is 2.38. The molecule has 17 heteroatoms. The van der Waals surface area contributed by atoms with Gasteiger partial charge in [-0.1, -0.05) is 46.9 Å². The second-order valence-electron chi connectivity index (χ2n) is 12.4. The Morgan fingerprint density at radius 2 is 1.60 bits per heavy atom. The van der Waals surface area contributed by atoms with Crippen molar-refractivity contribution in [3.8, 4) is 23.0 Å².